The molecule has 0 fully saturated rings. The van der Waals surface area contributed by atoms with Crippen molar-refractivity contribution in [2.45, 2.75) is 22.8 Å². The number of aryl methyl sites for hydroxylation is 1. The summed E-state index contributed by atoms with van der Waals surface area (Å²) in [4.78, 5) is 14.1. The van der Waals surface area contributed by atoms with Crippen LogP contribution in [-0.4, -0.2) is 22.2 Å². The van der Waals surface area contributed by atoms with Crippen molar-refractivity contribution in [3.63, 3.8) is 0 Å². The van der Waals surface area contributed by atoms with Crippen LogP contribution in [0.4, 0.5) is 5.69 Å². The number of amides is 1. The molecule has 1 aromatic heterocycles. The number of carbonyl (C=O) groups is 1. The number of likely N-dealkylation sites (N-methyl/N-ethyl adjacent to an activating group) is 1. The summed E-state index contributed by atoms with van der Waals surface area (Å²) >= 11 is 5.21. The third-order valence-electron chi connectivity index (χ3n) is 3.25. The van der Waals surface area contributed by atoms with Gasteiger partial charge in [0.15, 0.2) is 0 Å². The Balaban J connectivity index is 1.92. The van der Waals surface area contributed by atoms with Crippen LogP contribution in [0, 0.1) is 0 Å². The molecule has 1 unspecified atom stereocenters. The second kappa shape index (κ2) is 5.82. The highest BCUT2D eigenvalue weighted by Crippen LogP contribution is 2.41. The van der Waals surface area contributed by atoms with E-state index in [1.807, 2.05) is 38.5 Å². The predicted molar refractivity (Wildman–Crippen MR) is 86.5 cm³/mol. The van der Waals surface area contributed by atoms with Crippen LogP contribution in [0.25, 0.3) is 0 Å². The van der Waals surface area contributed by atoms with E-state index >= 15 is 0 Å². The van der Waals surface area contributed by atoms with Gasteiger partial charge in [0.1, 0.15) is 6.04 Å². The number of hydrogen-bond donors (Lipinski definition) is 2. The van der Waals surface area contributed by atoms with Gasteiger partial charge in [-0.2, -0.15) is 5.10 Å². The first-order valence-corrected chi connectivity index (χ1v) is 8.23. The number of nitrogens with one attached hydrogen (secondary N) is 2. The molecule has 1 aromatic carbocycles. The summed E-state index contributed by atoms with van der Waals surface area (Å²) in [5.74, 6) is 0.00211. The highest BCUT2D eigenvalue weighted by atomic mass is 79.9. The number of aromatic nitrogens is 2. The molecule has 0 radical (unpaired) electrons. The molecule has 7 heteroatoms. The maximum atomic E-state index is 12.0. The Labute approximate surface area is 135 Å². The Morgan fingerprint density at radius 3 is 3.00 bits per heavy atom. The Morgan fingerprint density at radius 1 is 1.52 bits per heavy atom. The quantitative estimate of drug-likeness (QED) is 0.873. The summed E-state index contributed by atoms with van der Waals surface area (Å²) in [5.41, 5.74) is 1.87. The van der Waals surface area contributed by atoms with E-state index in [4.69, 9.17) is 0 Å². The number of fused-ring (bicyclic) bond motifs is 1. The molecule has 1 atom stereocenters. The number of rotatable bonds is 4. The number of nitrogens with zero attached hydrogens (tertiary/aromatic N) is 2. The average Bonchev–Trinajstić information content (AvgIpc) is 2.96. The van der Waals surface area contributed by atoms with Crippen molar-refractivity contribution < 1.29 is 4.79 Å². The van der Waals surface area contributed by atoms with Crippen LogP contribution < -0.4 is 10.6 Å². The van der Waals surface area contributed by atoms with Gasteiger partial charge in [-0.05, 0) is 34.6 Å². The van der Waals surface area contributed by atoms with Gasteiger partial charge in [0, 0.05) is 33.9 Å². The maximum Gasteiger partial charge on any atom is 0.246 e. The Bertz CT molecular complexity index is 700. The van der Waals surface area contributed by atoms with Crippen LogP contribution in [0.5, 0.6) is 0 Å². The number of benzene rings is 1. The van der Waals surface area contributed by atoms with Crippen LogP contribution in [0.3, 0.4) is 0 Å². The lowest BCUT2D eigenvalue weighted by atomic mass is 10.1. The van der Waals surface area contributed by atoms with Crippen molar-refractivity contribution in [2.24, 2.45) is 7.05 Å². The molecule has 110 valence electrons. The van der Waals surface area contributed by atoms with Gasteiger partial charge in [0.2, 0.25) is 5.91 Å². The molecule has 0 aliphatic carbocycles. The van der Waals surface area contributed by atoms with Crippen molar-refractivity contribution in [3.8, 4) is 0 Å². The highest BCUT2D eigenvalue weighted by Gasteiger charge is 2.30. The van der Waals surface area contributed by atoms with E-state index in [0.717, 1.165) is 32.1 Å². The van der Waals surface area contributed by atoms with Crippen LogP contribution in [0.2, 0.25) is 0 Å². The fourth-order valence-corrected chi connectivity index (χ4v) is 3.82. The minimum atomic E-state index is -0.265. The smallest absolute Gasteiger partial charge is 0.246 e. The molecular formula is C14H15BrN4OS. The number of anilines is 1. The van der Waals surface area contributed by atoms with Gasteiger partial charge in [-0.1, -0.05) is 18.7 Å². The summed E-state index contributed by atoms with van der Waals surface area (Å²) in [6.45, 7) is 2.74. The Hall–Kier alpha value is -1.31. The zero-order valence-electron chi connectivity index (χ0n) is 11.7. The molecule has 5 nitrogen and oxygen atoms in total. The summed E-state index contributed by atoms with van der Waals surface area (Å²) in [7, 11) is 1.89. The van der Waals surface area contributed by atoms with Gasteiger partial charge in [-0.15, -0.1) is 0 Å². The van der Waals surface area contributed by atoms with E-state index < -0.39 is 0 Å². The van der Waals surface area contributed by atoms with Gasteiger partial charge < -0.3 is 10.6 Å². The number of carbonyl (C=O) groups excluding carboxylic acids is 1. The number of hydrogen-bond acceptors (Lipinski definition) is 4. The zero-order valence-corrected chi connectivity index (χ0v) is 14.1. The van der Waals surface area contributed by atoms with E-state index in [-0.39, 0.29) is 11.9 Å². The largest absolute Gasteiger partial charge is 0.324 e. The van der Waals surface area contributed by atoms with Crippen molar-refractivity contribution in [1.29, 1.82) is 0 Å². The SMILES string of the molecule is CCNC1C(=O)Nc2cc(Sc3cnn(C)c3)c(Br)cc21. The van der Waals surface area contributed by atoms with Crippen molar-refractivity contribution in [1.82, 2.24) is 15.1 Å². The first-order chi connectivity index (χ1) is 10.1. The molecule has 0 saturated carbocycles. The lowest BCUT2D eigenvalue weighted by molar-refractivity contribution is -0.117. The molecule has 1 aliphatic heterocycles. The van der Waals surface area contributed by atoms with Crippen molar-refractivity contribution in [2.75, 3.05) is 11.9 Å². The molecule has 21 heavy (non-hydrogen) atoms. The van der Waals surface area contributed by atoms with Gasteiger partial charge >= 0.3 is 0 Å². The second-order valence-corrected chi connectivity index (χ2v) is 6.77. The zero-order chi connectivity index (χ0) is 15.0. The van der Waals surface area contributed by atoms with Gasteiger partial charge in [0.25, 0.3) is 0 Å². The third kappa shape index (κ3) is 2.86. The molecule has 0 spiro atoms. The Morgan fingerprint density at radius 2 is 2.33 bits per heavy atom. The minimum Gasteiger partial charge on any atom is -0.324 e. The van der Waals surface area contributed by atoms with E-state index in [2.05, 4.69) is 31.7 Å². The molecule has 0 bridgehead atoms. The normalized spacial score (nSPS) is 16.9. The van der Waals surface area contributed by atoms with Crippen LogP contribution in [-0.2, 0) is 11.8 Å². The van der Waals surface area contributed by atoms with Crippen LogP contribution >= 0.6 is 27.7 Å². The topological polar surface area (TPSA) is 59.0 Å². The van der Waals surface area contributed by atoms with Crippen molar-refractivity contribution >= 4 is 39.3 Å². The van der Waals surface area contributed by atoms with Gasteiger partial charge in [-0.3, -0.25) is 9.48 Å². The molecule has 1 aliphatic rings. The minimum absolute atomic E-state index is 0.00211. The summed E-state index contributed by atoms with van der Waals surface area (Å²) in [6, 6.07) is 3.75. The standard InChI is InChI=1S/C14H15BrN4OS/c1-3-16-13-9-4-10(15)12(5-11(9)18-14(13)20)21-8-6-17-19(2)7-8/h4-7,13,16H,3H2,1-2H3,(H,18,20). The molecule has 2 aromatic rings. The molecule has 0 saturated heterocycles. The fourth-order valence-electron chi connectivity index (χ4n) is 2.33. The summed E-state index contributed by atoms with van der Waals surface area (Å²) in [6.07, 6.45) is 3.79. The molecular weight excluding hydrogens is 352 g/mol. The second-order valence-electron chi connectivity index (χ2n) is 4.80. The Kier molecular flexibility index (Phi) is 4.05. The molecule has 2 heterocycles. The van der Waals surface area contributed by atoms with E-state index in [0.29, 0.717) is 0 Å². The first-order valence-electron chi connectivity index (χ1n) is 6.62. The maximum absolute atomic E-state index is 12.0. The fraction of sp³-hybridized carbons (Fsp3) is 0.286. The van der Waals surface area contributed by atoms with Crippen LogP contribution in [0.1, 0.15) is 18.5 Å². The highest BCUT2D eigenvalue weighted by molar-refractivity contribution is 9.10. The van der Waals surface area contributed by atoms with Gasteiger partial charge in [0.05, 0.1) is 11.1 Å². The van der Waals surface area contributed by atoms with E-state index in [1.165, 1.54) is 0 Å². The average molecular weight is 367 g/mol. The molecule has 2 N–H and O–H groups in total. The number of halogens is 1. The van der Waals surface area contributed by atoms with Gasteiger partial charge in [-0.25, -0.2) is 0 Å². The molecule has 1 amide bonds. The lowest BCUT2D eigenvalue weighted by Crippen LogP contribution is -2.27. The van der Waals surface area contributed by atoms with Crippen LogP contribution in [0.15, 0.2) is 38.8 Å². The van der Waals surface area contributed by atoms with E-state index in [9.17, 15) is 4.79 Å². The summed E-state index contributed by atoms with van der Waals surface area (Å²) < 4.78 is 2.75. The van der Waals surface area contributed by atoms with E-state index in [1.54, 1.807) is 16.4 Å². The first kappa shape index (κ1) is 14.6. The third-order valence-corrected chi connectivity index (χ3v) is 5.18. The predicted octanol–water partition coefficient (Wildman–Crippen LogP) is 2.94. The monoisotopic (exact) mass is 366 g/mol. The molecule has 3 rings (SSSR count). The summed E-state index contributed by atoms with van der Waals surface area (Å²) in [5, 5.41) is 10.3. The van der Waals surface area contributed by atoms with Crippen molar-refractivity contribution in [3.05, 3.63) is 34.6 Å². The lowest BCUT2D eigenvalue weighted by Gasteiger charge is -2.11.